The molecular weight excluding hydrogens is 307 g/mol. The first-order valence-electron chi connectivity index (χ1n) is 8.18. The van der Waals surface area contributed by atoms with Gasteiger partial charge in [-0.25, -0.2) is 0 Å². The van der Waals surface area contributed by atoms with Gasteiger partial charge in [0.2, 0.25) is 5.91 Å². The minimum absolute atomic E-state index is 0.205. The highest BCUT2D eigenvalue weighted by atomic mass is 16.7. The number of nitrogens with zero attached hydrogens (tertiary/aromatic N) is 2. The highest BCUT2D eigenvalue weighted by Crippen LogP contribution is 2.29. The molecular formula is C17H23BN2O4. The minimum Gasteiger partial charge on any atom is -0.534 e. The Kier molecular flexibility index (Phi) is 4.56. The van der Waals surface area contributed by atoms with Crippen molar-refractivity contribution >= 4 is 24.2 Å². The van der Waals surface area contributed by atoms with E-state index in [1.165, 1.54) is 0 Å². The molecule has 0 radical (unpaired) electrons. The summed E-state index contributed by atoms with van der Waals surface area (Å²) in [6, 6.07) is 8.08. The molecule has 2 heterocycles. The van der Waals surface area contributed by atoms with Crippen LogP contribution in [-0.4, -0.2) is 61.4 Å². The third-order valence-electron chi connectivity index (χ3n) is 4.62. The largest absolute Gasteiger partial charge is 0.563 e. The van der Waals surface area contributed by atoms with Crippen LogP contribution in [0.2, 0.25) is 0 Å². The molecule has 128 valence electrons. The van der Waals surface area contributed by atoms with E-state index >= 15 is 0 Å². The lowest BCUT2D eigenvalue weighted by Gasteiger charge is -2.36. The zero-order valence-corrected chi connectivity index (χ0v) is 14.2. The van der Waals surface area contributed by atoms with Crippen LogP contribution in [-0.2, 0) is 14.1 Å². The van der Waals surface area contributed by atoms with Gasteiger partial charge in [0, 0.05) is 31.9 Å². The Morgan fingerprint density at radius 1 is 1.25 bits per heavy atom. The van der Waals surface area contributed by atoms with Crippen molar-refractivity contribution in [1.29, 1.82) is 0 Å². The predicted octanol–water partition coefficient (Wildman–Crippen LogP) is 0.362. The van der Waals surface area contributed by atoms with Gasteiger partial charge in [0.15, 0.2) is 0 Å². The summed E-state index contributed by atoms with van der Waals surface area (Å²) in [5.74, 6) is 0.435. The molecule has 0 spiro atoms. The average Bonchev–Trinajstić information content (AvgIpc) is 2.87. The second-order valence-corrected chi connectivity index (χ2v) is 6.62. The maximum atomic E-state index is 11.5. The number of piperazine rings is 1. The molecule has 0 unspecified atom stereocenters. The molecule has 7 heteroatoms. The van der Waals surface area contributed by atoms with E-state index in [0.29, 0.717) is 18.8 Å². The first-order chi connectivity index (χ1) is 11.4. The molecule has 2 fully saturated rings. The van der Waals surface area contributed by atoms with Gasteiger partial charge in [-0.3, -0.25) is 4.79 Å². The highest BCUT2D eigenvalue weighted by molar-refractivity contribution is 6.62. The van der Waals surface area contributed by atoms with Crippen molar-refractivity contribution < 1.29 is 19.2 Å². The lowest BCUT2D eigenvalue weighted by Crippen LogP contribution is -2.49. The van der Waals surface area contributed by atoms with Gasteiger partial charge >= 0.3 is 7.12 Å². The fourth-order valence-corrected chi connectivity index (χ4v) is 2.92. The van der Waals surface area contributed by atoms with E-state index in [-0.39, 0.29) is 5.91 Å². The van der Waals surface area contributed by atoms with E-state index in [9.17, 15) is 4.79 Å². The summed E-state index contributed by atoms with van der Waals surface area (Å²) < 4.78 is 11.6. The molecule has 2 aliphatic heterocycles. The Bertz CT molecular complexity index is 624. The van der Waals surface area contributed by atoms with Crippen molar-refractivity contribution in [2.24, 2.45) is 0 Å². The Balaban J connectivity index is 1.62. The molecule has 2 aliphatic rings. The summed E-state index contributed by atoms with van der Waals surface area (Å²) >= 11 is 0. The third-order valence-corrected chi connectivity index (χ3v) is 4.62. The molecule has 3 rings (SSSR count). The van der Waals surface area contributed by atoms with Crippen LogP contribution in [0.3, 0.4) is 0 Å². The van der Waals surface area contributed by atoms with Crippen LogP contribution in [0.15, 0.2) is 36.6 Å². The van der Waals surface area contributed by atoms with Crippen LogP contribution in [0.25, 0.3) is 0 Å². The van der Waals surface area contributed by atoms with Crippen molar-refractivity contribution in [2.45, 2.75) is 19.4 Å². The van der Waals surface area contributed by atoms with Crippen LogP contribution >= 0.6 is 0 Å². The molecule has 1 amide bonds. The predicted molar refractivity (Wildman–Crippen MR) is 93.1 cm³/mol. The molecule has 0 bridgehead atoms. The molecule has 1 aromatic carbocycles. The van der Waals surface area contributed by atoms with E-state index in [2.05, 4.69) is 11.5 Å². The van der Waals surface area contributed by atoms with Crippen LogP contribution in [0.1, 0.15) is 13.8 Å². The molecule has 24 heavy (non-hydrogen) atoms. The maximum absolute atomic E-state index is 11.5. The van der Waals surface area contributed by atoms with Crippen molar-refractivity contribution in [1.82, 2.24) is 4.90 Å². The summed E-state index contributed by atoms with van der Waals surface area (Å²) in [5, 5.41) is 8.93. The van der Waals surface area contributed by atoms with E-state index < -0.39 is 19.3 Å². The lowest BCUT2D eigenvalue weighted by molar-refractivity contribution is -0.134. The molecule has 1 aromatic rings. The van der Waals surface area contributed by atoms with E-state index in [1.807, 2.05) is 38.1 Å². The lowest BCUT2D eigenvalue weighted by atomic mass is 9.79. The van der Waals surface area contributed by atoms with Gasteiger partial charge in [-0.05, 0) is 31.4 Å². The van der Waals surface area contributed by atoms with E-state index in [1.54, 1.807) is 4.90 Å². The van der Waals surface area contributed by atoms with Gasteiger partial charge in [0.05, 0.1) is 5.76 Å². The number of carbonyl (C=O) groups is 1. The zero-order valence-electron chi connectivity index (χ0n) is 14.2. The molecule has 0 saturated carbocycles. The summed E-state index contributed by atoms with van der Waals surface area (Å²) in [5.41, 5.74) is 1.59. The van der Waals surface area contributed by atoms with E-state index in [0.717, 1.165) is 24.2 Å². The van der Waals surface area contributed by atoms with Crippen molar-refractivity contribution in [3.63, 3.8) is 0 Å². The van der Waals surface area contributed by atoms with Crippen molar-refractivity contribution in [3.05, 3.63) is 36.6 Å². The number of anilines is 1. The number of carbonyl (C=O) groups excluding carboxylic acids is 1. The molecule has 1 N–H and O–H groups in total. The smallest absolute Gasteiger partial charge is 0.534 e. The van der Waals surface area contributed by atoms with Crippen LogP contribution in [0.4, 0.5) is 5.69 Å². The topological polar surface area (TPSA) is 62.2 Å². The van der Waals surface area contributed by atoms with Gasteiger partial charge < -0.3 is 24.2 Å². The first-order valence-corrected chi connectivity index (χ1v) is 8.18. The van der Waals surface area contributed by atoms with Crippen molar-refractivity contribution in [2.75, 3.05) is 37.7 Å². The van der Waals surface area contributed by atoms with E-state index in [4.69, 9.17) is 14.4 Å². The molecule has 0 aromatic heterocycles. The van der Waals surface area contributed by atoms with Crippen LogP contribution in [0.5, 0.6) is 0 Å². The number of hydrogen-bond acceptors (Lipinski definition) is 5. The van der Waals surface area contributed by atoms with Gasteiger partial charge in [-0.2, -0.15) is 0 Å². The van der Waals surface area contributed by atoms with Gasteiger partial charge in [0.1, 0.15) is 12.2 Å². The minimum atomic E-state index is -0.473. The maximum Gasteiger partial charge on any atom is 0.563 e. The Morgan fingerprint density at radius 3 is 2.38 bits per heavy atom. The van der Waals surface area contributed by atoms with Crippen molar-refractivity contribution in [3.8, 4) is 0 Å². The normalized spacial score (nSPS) is 20.3. The molecule has 0 aliphatic carbocycles. The van der Waals surface area contributed by atoms with Crippen LogP contribution in [0, 0.1) is 0 Å². The number of amides is 1. The summed E-state index contributed by atoms with van der Waals surface area (Å²) in [6.45, 7) is 10.1. The SMILES string of the molecule is C=C1OB(c2ccc(N3CCN(C(=O)CO)CC3)cc2)OC1(C)C. The number of aliphatic hydroxyl groups excluding tert-OH is 1. The fourth-order valence-electron chi connectivity index (χ4n) is 2.92. The van der Waals surface area contributed by atoms with Crippen LogP contribution < -0.4 is 10.4 Å². The zero-order chi connectivity index (χ0) is 17.3. The number of benzene rings is 1. The standard InChI is InChI=1S/C17H23BN2O4/c1-13-17(2,3)24-18(23-13)14-4-6-15(7-5-14)19-8-10-20(11-9-19)16(22)12-21/h4-7,21H,1,8-12H2,2-3H3. The Hall–Kier alpha value is -1.99. The molecule has 2 saturated heterocycles. The summed E-state index contributed by atoms with van der Waals surface area (Å²) in [4.78, 5) is 15.4. The summed E-state index contributed by atoms with van der Waals surface area (Å²) in [6.07, 6.45) is 0. The summed E-state index contributed by atoms with van der Waals surface area (Å²) in [7, 11) is -0.416. The molecule has 0 atom stereocenters. The second kappa shape index (κ2) is 6.49. The highest BCUT2D eigenvalue weighted by Gasteiger charge is 2.42. The second-order valence-electron chi connectivity index (χ2n) is 6.62. The average molecular weight is 330 g/mol. The number of aliphatic hydroxyl groups is 1. The first kappa shape index (κ1) is 16.9. The number of rotatable bonds is 3. The Morgan fingerprint density at radius 2 is 1.88 bits per heavy atom. The quantitative estimate of drug-likeness (QED) is 0.811. The monoisotopic (exact) mass is 330 g/mol. The number of hydrogen-bond donors (Lipinski definition) is 1. The Labute approximate surface area is 142 Å². The fraction of sp³-hybridized carbons (Fsp3) is 0.471. The van der Waals surface area contributed by atoms with Gasteiger partial charge in [-0.1, -0.05) is 18.7 Å². The van der Waals surface area contributed by atoms with Gasteiger partial charge in [-0.15, -0.1) is 0 Å². The van der Waals surface area contributed by atoms with Gasteiger partial charge in [0.25, 0.3) is 0 Å². The molecule has 6 nitrogen and oxygen atoms in total. The third kappa shape index (κ3) is 3.27.